The number of primary amides is 1. The van der Waals surface area contributed by atoms with Gasteiger partial charge in [-0.25, -0.2) is 0 Å². The molecular weight excluding hydrogens is 186 g/mol. The number of carbonyl (C=O) groups excluding carboxylic acids is 2. The maximum Gasteiger partial charge on any atom is 0.219 e. The first-order chi connectivity index (χ1) is 6.04. The second-order valence-electron chi connectivity index (χ2n) is 4.28. The zero-order valence-electron chi connectivity index (χ0n) is 9.11. The van der Waals surface area contributed by atoms with Crippen LogP contribution in [-0.4, -0.2) is 50.6 Å². The van der Waals surface area contributed by atoms with Gasteiger partial charge in [0.05, 0.1) is 40.2 Å². The molecule has 0 aliphatic rings. The smallest absolute Gasteiger partial charge is 0.219 e. The number of carboxylic acid groups (broad SMARTS) is 1. The quantitative estimate of drug-likeness (QED) is 0.487. The molecule has 4 N–H and O–H groups in total. The lowest BCUT2D eigenvalue weighted by atomic mass is 10.2. The summed E-state index contributed by atoms with van der Waals surface area (Å²) in [6.07, 6.45) is -0.373. The van der Waals surface area contributed by atoms with E-state index in [4.69, 9.17) is 5.73 Å². The monoisotopic (exact) mass is 205 g/mol. The molecule has 0 rings (SSSR count). The number of nitrogens with zero attached hydrogens (tertiary/aromatic N) is 1. The van der Waals surface area contributed by atoms with Gasteiger partial charge in [-0.1, -0.05) is 0 Å². The standard InChI is InChI=1S/C4H8N2O3.C4H12N/c5-2(4(8)9)1-3(6)7;1-5(2,3)4/h2H,1,5H2,(H2,6,7)(H,8,9);1-4H3/q;+1/p-1/t2-;/m0./s1. The number of rotatable bonds is 3. The summed E-state index contributed by atoms with van der Waals surface area (Å²) in [4.78, 5) is 19.8. The van der Waals surface area contributed by atoms with Crippen molar-refractivity contribution in [1.29, 1.82) is 0 Å². The van der Waals surface area contributed by atoms with E-state index in [1.54, 1.807) is 0 Å². The van der Waals surface area contributed by atoms with Gasteiger partial charge in [-0.3, -0.25) is 4.79 Å². The van der Waals surface area contributed by atoms with Gasteiger partial charge in [0.15, 0.2) is 0 Å². The van der Waals surface area contributed by atoms with E-state index in [1.807, 2.05) is 0 Å². The van der Waals surface area contributed by atoms with Crippen LogP contribution in [0, 0.1) is 0 Å². The molecule has 84 valence electrons. The molecule has 14 heavy (non-hydrogen) atoms. The Morgan fingerprint density at radius 3 is 1.64 bits per heavy atom. The first-order valence-electron chi connectivity index (χ1n) is 4.07. The van der Waals surface area contributed by atoms with Crippen LogP contribution in [0.25, 0.3) is 0 Å². The van der Waals surface area contributed by atoms with Crippen molar-refractivity contribution in [3.05, 3.63) is 0 Å². The Labute approximate surface area is 84.1 Å². The second kappa shape index (κ2) is 6.33. The van der Waals surface area contributed by atoms with E-state index < -0.39 is 17.9 Å². The van der Waals surface area contributed by atoms with Crippen LogP contribution in [-0.2, 0) is 9.59 Å². The van der Waals surface area contributed by atoms with Gasteiger partial charge in [-0.15, -0.1) is 0 Å². The molecule has 6 nitrogen and oxygen atoms in total. The molecule has 1 atom stereocenters. The van der Waals surface area contributed by atoms with Crippen LogP contribution < -0.4 is 16.6 Å². The molecule has 0 heterocycles. The van der Waals surface area contributed by atoms with Gasteiger partial charge in [-0.05, 0) is 0 Å². The van der Waals surface area contributed by atoms with Gasteiger partial charge >= 0.3 is 0 Å². The van der Waals surface area contributed by atoms with Crippen molar-refractivity contribution in [2.75, 3.05) is 28.2 Å². The predicted octanol–water partition coefficient (Wildman–Crippen LogP) is -2.74. The summed E-state index contributed by atoms with van der Waals surface area (Å²) in [6.45, 7) is 0. The van der Waals surface area contributed by atoms with Gasteiger partial charge in [0.1, 0.15) is 0 Å². The highest BCUT2D eigenvalue weighted by Crippen LogP contribution is 1.82. The predicted molar refractivity (Wildman–Crippen MR) is 50.8 cm³/mol. The van der Waals surface area contributed by atoms with Crippen molar-refractivity contribution in [2.45, 2.75) is 12.5 Å². The minimum atomic E-state index is -1.46. The Bertz CT molecular complexity index is 192. The molecule has 0 aromatic rings. The number of nitrogens with two attached hydrogens (primary N) is 2. The van der Waals surface area contributed by atoms with Crippen LogP contribution in [0.5, 0.6) is 0 Å². The van der Waals surface area contributed by atoms with Crippen molar-refractivity contribution in [2.24, 2.45) is 11.5 Å². The minimum absolute atomic E-state index is 0.373. The van der Waals surface area contributed by atoms with Crippen LogP contribution in [0.4, 0.5) is 0 Å². The van der Waals surface area contributed by atoms with Gasteiger partial charge < -0.3 is 25.9 Å². The lowest BCUT2D eigenvalue weighted by Crippen LogP contribution is -2.44. The number of amides is 1. The normalized spacial score (nSPS) is 12.4. The van der Waals surface area contributed by atoms with E-state index in [2.05, 4.69) is 33.9 Å². The Kier molecular flexibility index (Phi) is 6.94. The first kappa shape index (κ1) is 15.3. The first-order valence-corrected chi connectivity index (χ1v) is 4.07. The molecule has 0 saturated carbocycles. The number of carbonyl (C=O) groups is 2. The third-order valence-corrected chi connectivity index (χ3v) is 0.724. The Hall–Kier alpha value is -1.14. The SMILES string of the molecule is C[N+](C)(C)C.NC(=O)C[C@H](N)C(=O)[O-]. The van der Waals surface area contributed by atoms with Gasteiger partial charge in [0, 0.05) is 6.42 Å². The van der Waals surface area contributed by atoms with E-state index in [9.17, 15) is 14.7 Å². The molecule has 0 radical (unpaired) electrons. The molecule has 0 aliphatic carbocycles. The van der Waals surface area contributed by atoms with Gasteiger partial charge in [0.2, 0.25) is 5.91 Å². The fourth-order valence-electron chi connectivity index (χ4n) is 0.300. The lowest BCUT2D eigenvalue weighted by Gasteiger charge is -2.14. The van der Waals surface area contributed by atoms with Crippen molar-refractivity contribution >= 4 is 11.9 Å². The Morgan fingerprint density at radius 2 is 1.57 bits per heavy atom. The van der Waals surface area contributed by atoms with Crippen molar-refractivity contribution in [3.8, 4) is 0 Å². The molecule has 0 unspecified atom stereocenters. The van der Waals surface area contributed by atoms with Crippen molar-refractivity contribution in [1.82, 2.24) is 0 Å². The molecule has 0 spiro atoms. The molecule has 0 aliphatic heterocycles. The zero-order chi connectivity index (χ0) is 11.9. The molecular formula is C8H19N3O3. The fourth-order valence-corrected chi connectivity index (χ4v) is 0.300. The summed E-state index contributed by atoms with van der Waals surface area (Å²) in [7, 11) is 8.50. The van der Waals surface area contributed by atoms with Crippen LogP contribution in [0.15, 0.2) is 0 Å². The largest absolute Gasteiger partial charge is 0.548 e. The van der Waals surface area contributed by atoms with Gasteiger partial charge in [-0.2, -0.15) is 0 Å². The average molecular weight is 205 g/mol. The molecule has 0 fully saturated rings. The van der Waals surface area contributed by atoms with E-state index in [0.29, 0.717) is 0 Å². The topological polar surface area (TPSA) is 109 Å². The highest BCUT2D eigenvalue weighted by atomic mass is 16.4. The van der Waals surface area contributed by atoms with Gasteiger partial charge in [0.25, 0.3) is 0 Å². The average Bonchev–Trinajstić information content (AvgIpc) is 1.80. The van der Waals surface area contributed by atoms with Crippen LogP contribution in [0.2, 0.25) is 0 Å². The summed E-state index contributed by atoms with van der Waals surface area (Å²) >= 11 is 0. The summed E-state index contributed by atoms with van der Waals surface area (Å²) < 4.78 is 1.00. The minimum Gasteiger partial charge on any atom is -0.548 e. The molecule has 0 saturated heterocycles. The van der Waals surface area contributed by atoms with Crippen molar-refractivity contribution in [3.63, 3.8) is 0 Å². The number of quaternary nitrogens is 1. The van der Waals surface area contributed by atoms with Crippen LogP contribution in [0.1, 0.15) is 6.42 Å². The Balaban J connectivity index is 0. The summed E-state index contributed by atoms with van der Waals surface area (Å²) in [5, 5.41) is 9.79. The maximum atomic E-state index is 9.97. The number of aliphatic carboxylic acids is 1. The molecule has 1 amide bonds. The van der Waals surface area contributed by atoms with E-state index in [1.165, 1.54) is 0 Å². The number of hydrogen-bond donors (Lipinski definition) is 2. The van der Waals surface area contributed by atoms with Crippen LogP contribution >= 0.6 is 0 Å². The zero-order valence-corrected chi connectivity index (χ0v) is 9.11. The fraction of sp³-hybridized carbons (Fsp3) is 0.750. The number of hydrogen-bond acceptors (Lipinski definition) is 4. The van der Waals surface area contributed by atoms with E-state index in [0.717, 1.165) is 4.48 Å². The third-order valence-electron chi connectivity index (χ3n) is 0.724. The molecule has 0 aromatic heterocycles. The second-order valence-corrected chi connectivity index (χ2v) is 4.28. The Morgan fingerprint density at radius 1 is 1.29 bits per heavy atom. The lowest BCUT2D eigenvalue weighted by molar-refractivity contribution is -0.849. The van der Waals surface area contributed by atoms with E-state index >= 15 is 0 Å². The van der Waals surface area contributed by atoms with E-state index in [-0.39, 0.29) is 6.42 Å². The molecule has 0 aromatic carbocycles. The molecule has 6 heteroatoms. The number of carboxylic acids is 1. The summed E-state index contributed by atoms with van der Waals surface area (Å²) in [5.41, 5.74) is 9.48. The highest BCUT2D eigenvalue weighted by molar-refractivity contribution is 5.82. The third kappa shape index (κ3) is 22.4. The van der Waals surface area contributed by atoms with Crippen LogP contribution in [0.3, 0.4) is 0 Å². The van der Waals surface area contributed by atoms with Crippen molar-refractivity contribution < 1.29 is 19.2 Å². The summed E-state index contributed by atoms with van der Waals surface area (Å²) in [6, 6.07) is -1.28. The molecule has 0 bridgehead atoms. The maximum absolute atomic E-state index is 9.97. The highest BCUT2D eigenvalue weighted by Gasteiger charge is 2.05. The summed E-state index contributed by atoms with van der Waals surface area (Å²) in [5.74, 6) is -2.21.